The van der Waals surface area contributed by atoms with E-state index in [9.17, 15) is 0 Å². The van der Waals surface area contributed by atoms with Crippen LogP contribution in [0.3, 0.4) is 0 Å². The second-order valence-electron chi connectivity index (χ2n) is 3.67. The Morgan fingerprint density at radius 2 is 1.95 bits per heavy atom. The van der Waals surface area contributed by atoms with E-state index < -0.39 is 0 Å². The van der Waals surface area contributed by atoms with Gasteiger partial charge in [-0.25, -0.2) is 4.98 Å². The van der Waals surface area contributed by atoms with Crippen molar-refractivity contribution in [3.63, 3.8) is 0 Å². The number of aromatic nitrogens is 4. The average Bonchev–Trinajstić information content (AvgIpc) is 2.83. The molecule has 0 amide bonds. The van der Waals surface area contributed by atoms with Crippen molar-refractivity contribution in [2.75, 3.05) is 5.32 Å². The number of anilines is 2. The Morgan fingerprint density at radius 3 is 2.79 bits per heavy atom. The van der Waals surface area contributed by atoms with Gasteiger partial charge in [0.05, 0.1) is 22.1 Å². The number of fused-ring (bicyclic) bond motifs is 1. The van der Waals surface area contributed by atoms with Crippen LogP contribution in [0.2, 0.25) is 15.3 Å². The van der Waals surface area contributed by atoms with Gasteiger partial charge in [-0.2, -0.15) is 9.97 Å². The summed E-state index contributed by atoms with van der Waals surface area (Å²) < 4.78 is 0. The number of H-pyrrole nitrogens is 1. The van der Waals surface area contributed by atoms with Crippen molar-refractivity contribution in [3.8, 4) is 0 Å². The Bertz CT molecular complexity index is 755. The van der Waals surface area contributed by atoms with E-state index >= 15 is 0 Å². The van der Waals surface area contributed by atoms with Gasteiger partial charge in [-0.3, -0.25) is 0 Å². The highest BCUT2D eigenvalue weighted by molar-refractivity contribution is 6.43. The van der Waals surface area contributed by atoms with Crippen LogP contribution in [0.5, 0.6) is 0 Å². The summed E-state index contributed by atoms with van der Waals surface area (Å²) in [6, 6.07) is 5.27. The first-order valence-corrected chi connectivity index (χ1v) is 6.36. The molecule has 0 aliphatic heterocycles. The van der Waals surface area contributed by atoms with Gasteiger partial charge in [-0.1, -0.05) is 29.3 Å². The van der Waals surface area contributed by atoms with Gasteiger partial charge in [0.1, 0.15) is 5.52 Å². The summed E-state index contributed by atoms with van der Waals surface area (Å²) in [5, 5.41) is 4.02. The normalized spacial score (nSPS) is 10.9. The maximum Gasteiger partial charge on any atom is 0.226 e. The Morgan fingerprint density at radius 1 is 1.11 bits per heavy atom. The molecule has 0 fully saturated rings. The summed E-state index contributed by atoms with van der Waals surface area (Å²) in [7, 11) is 0. The zero-order valence-electron chi connectivity index (χ0n) is 9.28. The molecule has 0 aliphatic carbocycles. The summed E-state index contributed by atoms with van der Waals surface area (Å²) in [6.07, 6.45) is 1.51. The van der Waals surface area contributed by atoms with Crippen molar-refractivity contribution >= 4 is 57.5 Å². The molecule has 96 valence electrons. The minimum absolute atomic E-state index is 0.0975. The fourth-order valence-corrected chi connectivity index (χ4v) is 2.14. The fourth-order valence-electron chi connectivity index (χ4n) is 1.62. The number of hydrogen-bond donors (Lipinski definition) is 2. The topological polar surface area (TPSA) is 66.5 Å². The van der Waals surface area contributed by atoms with E-state index in [2.05, 4.69) is 25.3 Å². The van der Waals surface area contributed by atoms with E-state index in [-0.39, 0.29) is 5.28 Å². The molecule has 3 rings (SSSR count). The minimum atomic E-state index is 0.0975. The first kappa shape index (κ1) is 12.5. The van der Waals surface area contributed by atoms with Crippen molar-refractivity contribution in [2.24, 2.45) is 0 Å². The summed E-state index contributed by atoms with van der Waals surface area (Å²) >= 11 is 17.9. The third-order valence-corrected chi connectivity index (χ3v) is 3.45. The molecule has 19 heavy (non-hydrogen) atoms. The summed E-state index contributed by atoms with van der Waals surface area (Å²) in [5.41, 5.74) is 1.74. The van der Waals surface area contributed by atoms with Crippen LogP contribution in [-0.2, 0) is 0 Å². The van der Waals surface area contributed by atoms with E-state index in [1.165, 1.54) is 6.33 Å². The lowest BCUT2D eigenvalue weighted by Crippen LogP contribution is -1.97. The standard InChI is InChI=1S/C11H6Cl3N5/c12-5-2-1-3-6(7(5)13)17-10-8-9(16-4-15-8)18-11(14)19-10/h1-4H,(H2,15,16,17,18,19). The van der Waals surface area contributed by atoms with Crippen LogP contribution in [0.1, 0.15) is 0 Å². The van der Waals surface area contributed by atoms with Crippen molar-refractivity contribution in [1.29, 1.82) is 0 Å². The molecule has 1 aromatic carbocycles. The Labute approximate surface area is 122 Å². The number of hydrogen-bond acceptors (Lipinski definition) is 4. The van der Waals surface area contributed by atoms with Gasteiger partial charge in [0.25, 0.3) is 0 Å². The molecule has 0 aliphatic rings. The van der Waals surface area contributed by atoms with Gasteiger partial charge >= 0.3 is 0 Å². The number of nitrogens with zero attached hydrogens (tertiary/aromatic N) is 3. The van der Waals surface area contributed by atoms with Crippen LogP contribution < -0.4 is 5.32 Å². The minimum Gasteiger partial charge on any atom is -0.340 e. The molecule has 0 spiro atoms. The Kier molecular flexibility index (Phi) is 3.18. The predicted octanol–water partition coefficient (Wildman–Crippen LogP) is 4.06. The van der Waals surface area contributed by atoms with Crippen LogP contribution in [0.4, 0.5) is 11.5 Å². The van der Waals surface area contributed by atoms with Crippen molar-refractivity contribution < 1.29 is 0 Å². The molecule has 0 saturated heterocycles. The lowest BCUT2D eigenvalue weighted by atomic mass is 10.3. The lowest BCUT2D eigenvalue weighted by molar-refractivity contribution is 1.20. The first-order valence-electron chi connectivity index (χ1n) is 5.23. The van der Waals surface area contributed by atoms with Crippen LogP contribution in [0.25, 0.3) is 11.2 Å². The molecule has 3 aromatic rings. The Hall–Kier alpha value is -1.56. The number of benzene rings is 1. The second-order valence-corrected chi connectivity index (χ2v) is 4.79. The van der Waals surface area contributed by atoms with Gasteiger partial charge in [-0.15, -0.1) is 0 Å². The molecule has 2 aromatic heterocycles. The van der Waals surface area contributed by atoms with Gasteiger partial charge in [0, 0.05) is 0 Å². The highest BCUT2D eigenvalue weighted by Crippen LogP contribution is 2.32. The highest BCUT2D eigenvalue weighted by Gasteiger charge is 2.11. The zero-order chi connectivity index (χ0) is 13.4. The summed E-state index contributed by atoms with van der Waals surface area (Å²) in [4.78, 5) is 15.1. The van der Waals surface area contributed by atoms with Gasteiger partial charge in [0.2, 0.25) is 5.28 Å². The number of halogens is 3. The maximum absolute atomic E-state index is 6.11. The van der Waals surface area contributed by atoms with Gasteiger partial charge in [0.15, 0.2) is 11.5 Å². The largest absolute Gasteiger partial charge is 0.340 e. The van der Waals surface area contributed by atoms with E-state index in [4.69, 9.17) is 34.8 Å². The molecule has 2 heterocycles. The molecule has 0 saturated carbocycles. The highest BCUT2D eigenvalue weighted by atomic mass is 35.5. The summed E-state index contributed by atoms with van der Waals surface area (Å²) in [5.74, 6) is 0.483. The molecule has 0 radical (unpaired) electrons. The molecular weight excluding hydrogens is 309 g/mol. The Balaban J connectivity index is 2.10. The van der Waals surface area contributed by atoms with E-state index in [0.717, 1.165) is 0 Å². The smallest absolute Gasteiger partial charge is 0.226 e. The van der Waals surface area contributed by atoms with Crippen molar-refractivity contribution in [3.05, 3.63) is 39.9 Å². The number of rotatable bonds is 2. The van der Waals surface area contributed by atoms with Crippen LogP contribution in [0, 0.1) is 0 Å². The molecule has 2 N–H and O–H groups in total. The van der Waals surface area contributed by atoms with Gasteiger partial charge < -0.3 is 10.3 Å². The molecule has 0 unspecified atom stereocenters. The number of aromatic amines is 1. The molecular formula is C11H6Cl3N5. The van der Waals surface area contributed by atoms with E-state index in [0.29, 0.717) is 32.7 Å². The molecule has 5 nitrogen and oxygen atoms in total. The average molecular weight is 315 g/mol. The SMILES string of the molecule is Clc1nc(Nc2cccc(Cl)c2Cl)c2[nH]cnc2n1. The van der Waals surface area contributed by atoms with Crippen molar-refractivity contribution in [2.45, 2.75) is 0 Å². The second kappa shape index (κ2) is 4.85. The third kappa shape index (κ3) is 2.32. The number of imidazole rings is 1. The monoisotopic (exact) mass is 313 g/mol. The van der Waals surface area contributed by atoms with Gasteiger partial charge in [-0.05, 0) is 23.7 Å². The number of nitrogens with one attached hydrogen (secondary N) is 2. The maximum atomic E-state index is 6.11. The third-order valence-electron chi connectivity index (χ3n) is 2.46. The van der Waals surface area contributed by atoms with E-state index in [1.54, 1.807) is 18.2 Å². The quantitative estimate of drug-likeness (QED) is 0.700. The molecule has 0 atom stereocenters. The molecule has 0 bridgehead atoms. The van der Waals surface area contributed by atoms with Crippen LogP contribution in [0.15, 0.2) is 24.5 Å². The van der Waals surface area contributed by atoms with Crippen LogP contribution >= 0.6 is 34.8 Å². The van der Waals surface area contributed by atoms with Crippen LogP contribution in [-0.4, -0.2) is 19.9 Å². The van der Waals surface area contributed by atoms with E-state index in [1.807, 2.05) is 0 Å². The first-order chi connectivity index (χ1) is 9.15. The zero-order valence-corrected chi connectivity index (χ0v) is 11.6. The van der Waals surface area contributed by atoms with Crippen molar-refractivity contribution in [1.82, 2.24) is 19.9 Å². The lowest BCUT2D eigenvalue weighted by Gasteiger charge is -2.09. The molecule has 8 heteroatoms. The summed E-state index contributed by atoms with van der Waals surface area (Å²) in [6.45, 7) is 0. The predicted molar refractivity (Wildman–Crippen MR) is 76.4 cm³/mol. The fraction of sp³-hybridized carbons (Fsp3) is 0.